The van der Waals surface area contributed by atoms with Gasteiger partial charge < -0.3 is 9.47 Å². The van der Waals surface area contributed by atoms with E-state index >= 15 is 0 Å². The summed E-state index contributed by atoms with van der Waals surface area (Å²) >= 11 is 0. The fraction of sp³-hybridized carbons (Fsp3) is 0.417. The number of hydrogen-bond donors (Lipinski definition) is 1. The van der Waals surface area contributed by atoms with Crippen molar-refractivity contribution < 1.29 is 14.3 Å². The number of hydrogen-bond acceptors (Lipinski definition) is 5. The number of nitrogens with zero attached hydrogens (tertiary/aromatic N) is 1. The number of nitrogens with one attached hydrogen (secondary N) is 1. The van der Waals surface area contributed by atoms with Crippen LogP contribution < -0.4 is 11.2 Å². The highest BCUT2D eigenvalue weighted by Gasteiger charge is 2.03. The van der Waals surface area contributed by atoms with Crippen LogP contribution in [0.2, 0.25) is 0 Å². The van der Waals surface area contributed by atoms with Gasteiger partial charge in [-0.25, -0.2) is 9.59 Å². The molecule has 0 aromatic carbocycles. The second-order valence-electron chi connectivity index (χ2n) is 3.52. The van der Waals surface area contributed by atoms with Gasteiger partial charge in [-0.15, -0.1) is 0 Å². The van der Waals surface area contributed by atoms with Gasteiger partial charge in [0.25, 0.3) is 5.56 Å². The predicted octanol–water partition coefficient (Wildman–Crippen LogP) is 0.107. The molecule has 0 fully saturated rings. The Morgan fingerprint density at radius 3 is 2.74 bits per heavy atom. The molecule has 0 unspecified atom stereocenters. The molecule has 0 saturated carbocycles. The molecule has 0 aliphatic heterocycles. The number of H-pyrrole nitrogens is 1. The SMILES string of the molecule is CCOCn1cc(/C=C/C(=O)OCC)c(=O)[nH]c1=O. The van der Waals surface area contributed by atoms with Gasteiger partial charge in [0.05, 0.1) is 12.2 Å². The van der Waals surface area contributed by atoms with E-state index in [1.807, 2.05) is 0 Å². The summed E-state index contributed by atoms with van der Waals surface area (Å²) in [6.07, 6.45) is 3.74. The molecule has 7 heteroatoms. The third-order valence-electron chi connectivity index (χ3n) is 2.16. The monoisotopic (exact) mass is 268 g/mol. The van der Waals surface area contributed by atoms with Gasteiger partial charge in [0.1, 0.15) is 6.73 Å². The highest BCUT2D eigenvalue weighted by molar-refractivity contribution is 5.86. The molecule has 0 aliphatic carbocycles. The van der Waals surface area contributed by atoms with E-state index in [-0.39, 0.29) is 18.9 Å². The van der Waals surface area contributed by atoms with Crippen LogP contribution in [-0.2, 0) is 21.0 Å². The van der Waals surface area contributed by atoms with Crippen molar-refractivity contribution in [3.8, 4) is 0 Å². The minimum absolute atomic E-state index is 0.0341. The maximum atomic E-state index is 11.5. The van der Waals surface area contributed by atoms with Gasteiger partial charge in [-0.05, 0) is 19.9 Å². The number of aromatic amines is 1. The van der Waals surface area contributed by atoms with Gasteiger partial charge in [-0.3, -0.25) is 14.3 Å². The van der Waals surface area contributed by atoms with Crippen LogP contribution in [0, 0.1) is 0 Å². The Morgan fingerprint density at radius 1 is 1.37 bits per heavy atom. The largest absolute Gasteiger partial charge is 0.463 e. The third kappa shape index (κ3) is 4.55. The maximum Gasteiger partial charge on any atom is 0.330 e. The molecule has 0 saturated heterocycles. The number of aromatic nitrogens is 2. The first kappa shape index (κ1) is 14.9. The highest BCUT2D eigenvalue weighted by atomic mass is 16.5. The average molecular weight is 268 g/mol. The van der Waals surface area contributed by atoms with Crippen LogP contribution in [0.4, 0.5) is 0 Å². The molecule has 0 radical (unpaired) electrons. The third-order valence-corrected chi connectivity index (χ3v) is 2.16. The lowest BCUT2D eigenvalue weighted by molar-refractivity contribution is -0.137. The normalized spacial score (nSPS) is 10.8. The molecular formula is C12H16N2O5. The highest BCUT2D eigenvalue weighted by Crippen LogP contribution is 1.94. The van der Waals surface area contributed by atoms with E-state index in [1.165, 1.54) is 16.8 Å². The summed E-state index contributed by atoms with van der Waals surface area (Å²) < 4.78 is 11.0. The molecule has 1 aromatic heterocycles. The Kier molecular flexibility index (Phi) is 5.74. The van der Waals surface area contributed by atoms with Crippen LogP contribution >= 0.6 is 0 Å². The number of carbonyl (C=O) groups excluding carboxylic acids is 1. The lowest BCUT2D eigenvalue weighted by Gasteiger charge is -2.05. The average Bonchev–Trinajstić information content (AvgIpc) is 2.37. The van der Waals surface area contributed by atoms with Crippen molar-refractivity contribution in [3.63, 3.8) is 0 Å². The first-order valence-electron chi connectivity index (χ1n) is 5.84. The van der Waals surface area contributed by atoms with Gasteiger partial charge in [0, 0.05) is 18.9 Å². The second-order valence-corrected chi connectivity index (χ2v) is 3.52. The summed E-state index contributed by atoms with van der Waals surface area (Å²) in [6, 6.07) is 0. The molecule has 1 N–H and O–H groups in total. The van der Waals surface area contributed by atoms with Crippen LogP contribution in [0.25, 0.3) is 6.08 Å². The van der Waals surface area contributed by atoms with Crippen molar-refractivity contribution in [3.05, 3.63) is 38.7 Å². The second kappa shape index (κ2) is 7.32. The Labute approximate surface area is 109 Å². The summed E-state index contributed by atoms with van der Waals surface area (Å²) in [6.45, 7) is 4.20. The fourth-order valence-electron chi connectivity index (χ4n) is 1.28. The molecule has 0 aliphatic rings. The minimum atomic E-state index is -0.571. The number of rotatable bonds is 6. The zero-order chi connectivity index (χ0) is 14.3. The molecule has 0 spiro atoms. The lowest BCUT2D eigenvalue weighted by atomic mass is 10.3. The maximum absolute atomic E-state index is 11.5. The van der Waals surface area contributed by atoms with Crippen LogP contribution in [0.3, 0.4) is 0 Å². The molecule has 1 aromatic rings. The molecule has 0 bridgehead atoms. The van der Waals surface area contributed by atoms with Crippen LogP contribution in [0.15, 0.2) is 21.9 Å². The van der Waals surface area contributed by atoms with E-state index in [0.29, 0.717) is 6.61 Å². The Morgan fingerprint density at radius 2 is 2.11 bits per heavy atom. The van der Waals surface area contributed by atoms with E-state index < -0.39 is 17.2 Å². The Hall–Kier alpha value is -2.15. The smallest absolute Gasteiger partial charge is 0.330 e. The predicted molar refractivity (Wildman–Crippen MR) is 68.6 cm³/mol. The van der Waals surface area contributed by atoms with Gasteiger partial charge in [0.2, 0.25) is 0 Å². The first-order valence-corrected chi connectivity index (χ1v) is 5.84. The van der Waals surface area contributed by atoms with Crippen molar-refractivity contribution in [2.24, 2.45) is 0 Å². The summed E-state index contributed by atoms with van der Waals surface area (Å²) in [5.74, 6) is -0.551. The van der Waals surface area contributed by atoms with E-state index in [9.17, 15) is 14.4 Å². The number of carbonyl (C=O) groups is 1. The van der Waals surface area contributed by atoms with Crippen LogP contribution in [0.1, 0.15) is 19.4 Å². The van der Waals surface area contributed by atoms with E-state index in [1.54, 1.807) is 13.8 Å². The summed E-state index contributed by atoms with van der Waals surface area (Å²) in [5.41, 5.74) is -0.961. The standard InChI is InChI=1S/C12H16N2O5/c1-3-18-8-14-7-9(11(16)13-12(14)17)5-6-10(15)19-4-2/h5-7H,3-4,8H2,1-2H3,(H,13,16,17)/b6-5+. The van der Waals surface area contributed by atoms with Crippen LogP contribution in [0.5, 0.6) is 0 Å². The van der Waals surface area contributed by atoms with Crippen molar-refractivity contribution in [2.75, 3.05) is 13.2 Å². The van der Waals surface area contributed by atoms with Crippen LogP contribution in [-0.4, -0.2) is 28.7 Å². The van der Waals surface area contributed by atoms with Crippen molar-refractivity contribution in [1.82, 2.24) is 9.55 Å². The Bertz CT molecular complexity index is 570. The summed E-state index contributed by atoms with van der Waals surface area (Å²) in [5, 5.41) is 0. The van der Waals surface area contributed by atoms with Gasteiger partial charge in [-0.2, -0.15) is 0 Å². The van der Waals surface area contributed by atoms with E-state index in [2.05, 4.69) is 4.98 Å². The quantitative estimate of drug-likeness (QED) is 0.584. The van der Waals surface area contributed by atoms with Gasteiger partial charge in [0.15, 0.2) is 0 Å². The molecule has 0 amide bonds. The van der Waals surface area contributed by atoms with E-state index in [4.69, 9.17) is 9.47 Å². The zero-order valence-corrected chi connectivity index (χ0v) is 10.8. The van der Waals surface area contributed by atoms with E-state index in [0.717, 1.165) is 6.08 Å². The minimum Gasteiger partial charge on any atom is -0.463 e. The zero-order valence-electron chi connectivity index (χ0n) is 10.8. The topological polar surface area (TPSA) is 90.4 Å². The van der Waals surface area contributed by atoms with Crippen molar-refractivity contribution in [2.45, 2.75) is 20.6 Å². The molecule has 19 heavy (non-hydrogen) atoms. The molecule has 0 atom stereocenters. The summed E-state index contributed by atoms with van der Waals surface area (Å²) in [7, 11) is 0. The molecule has 104 valence electrons. The molecular weight excluding hydrogens is 252 g/mol. The fourth-order valence-corrected chi connectivity index (χ4v) is 1.28. The van der Waals surface area contributed by atoms with Gasteiger partial charge >= 0.3 is 11.7 Å². The lowest BCUT2D eigenvalue weighted by Crippen LogP contribution is -2.31. The van der Waals surface area contributed by atoms with Crippen molar-refractivity contribution >= 4 is 12.0 Å². The summed E-state index contributed by atoms with van der Waals surface area (Å²) in [4.78, 5) is 36.3. The number of ether oxygens (including phenoxy) is 2. The molecule has 1 rings (SSSR count). The first-order chi connectivity index (χ1) is 9.08. The number of esters is 1. The molecule has 7 nitrogen and oxygen atoms in total. The van der Waals surface area contributed by atoms with Crippen molar-refractivity contribution in [1.29, 1.82) is 0 Å². The van der Waals surface area contributed by atoms with Gasteiger partial charge in [-0.1, -0.05) is 0 Å². The Balaban J connectivity index is 2.98. The molecule has 1 heterocycles.